The second-order valence-electron chi connectivity index (χ2n) is 5.56. The van der Waals surface area contributed by atoms with Gasteiger partial charge in [0.1, 0.15) is 17.5 Å². The first-order chi connectivity index (χ1) is 10.5. The molecule has 0 bridgehead atoms. The van der Waals surface area contributed by atoms with Crippen molar-refractivity contribution in [3.63, 3.8) is 0 Å². The fourth-order valence-corrected chi connectivity index (χ4v) is 2.56. The molecular weight excluding hydrogens is 283 g/mol. The Morgan fingerprint density at radius 1 is 1.23 bits per heavy atom. The molecule has 0 aliphatic heterocycles. The highest BCUT2D eigenvalue weighted by atomic mass is 19.1. The van der Waals surface area contributed by atoms with Gasteiger partial charge in [0, 0.05) is 17.7 Å². The number of rotatable bonds is 4. The second kappa shape index (κ2) is 5.71. The van der Waals surface area contributed by atoms with E-state index in [1.165, 1.54) is 12.1 Å². The van der Waals surface area contributed by atoms with Crippen molar-refractivity contribution in [2.75, 3.05) is 5.43 Å². The van der Waals surface area contributed by atoms with E-state index in [4.69, 9.17) is 0 Å². The van der Waals surface area contributed by atoms with Gasteiger partial charge in [-0.1, -0.05) is 12.1 Å². The number of hydrazine groups is 1. The monoisotopic (exact) mass is 300 g/mol. The Labute approximate surface area is 128 Å². The van der Waals surface area contributed by atoms with Crippen LogP contribution in [0.3, 0.4) is 0 Å². The Bertz CT molecular complexity index is 682. The summed E-state index contributed by atoms with van der Waals surface area (Å²) in [6.45, 7) is 3.67. The van der Waals surface area contributed by atoms with Gasteiger partial charge >= 0.3 is 0 Å². The third kappa shape index (κ3) is 3.21. The second-order valence-corrected chi connectivity index (χ2v) is 5.56. The largest absolute Gasteiger partial charge is 0.282 e. The van der Waals surface area contributed by atoms with Crippen LogP contribution in [0.5, 0.6) is 0 Å². The van der Waals surface area contributed by atoms with Gasteiger partial charge in [-0.05, 0) is 43.9 Å². The van der Waals surface area contributed by atoms with E-state index in [0.717, 1.165) is 17.7 Å². The van der Waals surface area contributed by atoms with Crippen LogP contribution in [0.4, 0.5) is 10.2 Å². The van der Waals surface area contributed by atoms with E-state index < -0.39 is 0 Å². The summed E-state index contributed by atoms with van der Waals surface area (Å²) >= 11 is 0. The van der Waals surface area contributed by atoms with E-state index in [2.05, 4.69) is 20.8 Å². The Balaban J connectivity index is 1.56. The molecule has 6 heteroatoms. The number of benzene rings is 1. The van der Waals surface area contributed by atoms with Gasteiger partial charge in [-0.3, -0.25) is 15.6 Å². The molecule has 0 spiro atoms. The molecule has 5 nitrogen and oxygen atoms in total. The third-order valence-electron chi connectivity index (χ3n) is 3.71. The average Bonchev–Trinajstić information content (AvgIpc) is 3.25. The fraction of sp³-hybridized carbons (Fsp3) is 0.312. The minimum absolute atomic E-state index is 0.0803. The predicted molar refractivity (Wildman–Crippen MR) is 80.5 cm³/mol. The molecule has 1 amide bonds. The minimum atomic E-state index is -0.262. The lowest BCUT2D eigenvalue weighted by atomic mass is 10.1. The molecule has 1 aromatic carbocycles. The number of anilines is 1. The number of hydrogen-bond acceptors (Lipinski definition) is 4. The maximum absolute atomic E-state index is 12.9. The Hall–Kier alpha value is -2.50. The SMILES string of the molecule is Cc1cc(NNC(=O)[C@H]2C[C@@H]2c2ccc(F)cc2)nc(C)n1. The molecule has 1 fully saturated rings. The average molecular weight is 300 g/mol. The van der Waals surface area contributed by atoms with E-state index >= 15 is 0 Å². The van der Waals surface area contributed by atoms with Gasteiger partial charge in [-0.25, -0.2) is 14.4 Å². The Kier molecular flexibility index (Phi) is 3.75. The molecular formula is C16H17FN4O. The number of amides is 1. The van der Waals surface area contributed by atoms with Gasteiger partial charge in [0.05, 0.1) is 0 Å². The number of nitrogens with zero attached hydrogens (tertiary/aromatic N) is 2. The van der Waals surface area contributed by atoms with Gasteiger partial charge in [-0.15, -0.1) is 0 Å². The van der Waals surface area contributed by atoms with Crippen LogP contribution in [0.1, 0.15) is 29.4 Å². The van der Waals surface area contributed by atoms with E-state index in [0.29, 0.717) is 11.6 Å². The maximum atomic E-state index is 12.9. The van der Waals surface area contributed by atoms with Gasteiger partial charge < -0.3 is 0 Å². The van der Waals surface area contributed by atoms with Crippen molar-refractivity contribution < 1.29 is 9.18 Å². The molecule has 1 aliphatic carbocycles. The highest BCUT2D eigenvalue weighted by molar-refractivity contribution is 5.83. The summed E-state index contributed by atoms with van der Waals surface area (Å²) in [5.74, 6) is 0.952. The van der Waals surface area contributed by atoms with Crippen molar-refractivity contribution in [2.45, 2.75) is 26.2 Å². The number of carbonyl (C=O) groups is 1. The molecule has 114 valence electrons. The predicted octanol–water partition coefficient (Wildman–Crippen LogP) is 2.48. The van der Waals surface area contributed by atoms with Crippen molar-refractivity contribution >= 4 is 11.7 Å². The first-order valence-corrected chi connectivity index (χ1v) is 7.16. The Morgan fingerprint density at radius 3 is 2.64 bits per heavy atom. The molecule has 1 aromatic heterocycles. The smallest absolute Gasteiger partial charge is 0.242 e. The molecule has 22 heavy (non-hydrogen) atoms. The fourth-order valence-electron chi connectivity index (χ4n) is 2.56. The van der Waals surface area contributed by atoms with E-state index in [9.17, 15) is 9.18 Å². The Morgan fingerprint density at radius 2 is 1.95 bits per heavy atom. The molecule has 2 N–H and O–H groups in total. The third-order valence-corrected chi connectivity index (χ3v) is 3.71. The molecule has 1 aliphatic rings. The van der Waals surface area contributed by atoms with Crippen LogP contribution in [0.25, 0.3) is 0 Å². The number of hydrogen-bond donors (Lipinski definition) is 2. The number of halogens is 1. The summed E-state index contributed by atoms with van der Waals surface area (Å²) in [6, 6.07) is 8.08. The topological polar surface area (TPSA) is 66.9 Å². The van der Waals surface area contributed by atoms with Crippen molar-refractivity contribution in [1.82, 2.24) is 15.4 Å². The lowest BCUT2D eigenvalue weighted by molar-refractivity contribution is -0.121. The van der Waals surface area contributed by atoms with Crippen LogP contribution < -0.4 is 10.9 Å². The van der Waals surface area contributed by atoms with Gasteiger partial charge in [-0.2, -0.15) is 0 Å². The molecule has 3 rings (SSSR count). The highest BCUT2D eigenvalue weighted by Crippen LogP contribution is 2.47. The first-order valence-electron chi connectivity index (χ1n) is 7.16. The van der Waals surface area contributed by atoms with Crippen LogP contribution >= 0.6 is 0 Å². The zero-order chi connectivity index (χ0) is 15.7. The first kappa shape index (κ1) is 14.4. The summed E-state index contributed by atoms with van der Waals surface area (Å²) in [6.07, 6.45) is 0.779. The summed E-state index contributed by atoms with van der Waals surface area (Å²) in [5, 5.41) is 0. The van der Waals surface area contributed by atoms with Crippen LogP contribution in [0.15, 0.2) is 30.3 Å². The van der Waals surface area contributed by atoms with Crippen molar-refractivity contribution in [3.05, 3.63) is 53.2 Å². The summed E-state index contributed by atoms with van der Waals surface area (Å²) in [7, 11) is 0. The van der Waals surface area contributed by atoms with Crippen LogP contribution in [-0.2, 0) is 4.79 Å². The minimum Gasteiger partial charge on any atom is -0.282 e. The lowest BCUT2D eigenvalue weighted by Gasteiger charge is -2.08. The van der Waals surface area contributed by atoms with Crippen LogP contribution in [0, 0.1) is 25.6 Å². The molecule has 0 radical (unpaired) electrons. The number of aromatic nitrogens is 2. The number of nitrogens with one attached hydrogen (secondary N) is 2. The standard InChI is InChI=1S/C16H17FN4O/c1-9-7-15(19-10(2)18-9)20-21-16(22)14-8-13(14)11-3-5-12(17)6-4-11/h3-7,13-14H,8H2,1-2H3,(H,21,22)(H,18,19,20)/t13-,14+/m1/s1. The normalized spacial score (nSPS) is 19.6. The van der Waals surface area contributed by atoms with Gasteiger partial charge in [0.15, 0.2) is 0 Å². The summed E-state index contributed by atoms with van der Waals surface area (Å²) in [5.41, 5.74) is 7.32. The molecule has 1 heterocycles. The molecule has 2 atom stereocenters. The molecule has 2 aromatic rings. The van der Waals surface area contributed by atoms with E-state index in [1.54, 1.807) is 25.1 Å². The molecule has 1 saturated carbocycles. The van der Waals surface area contributed by atoms with E-state index in [-0.39, 0.29) is 23.6 Å². The summed E-state index contributed by atoms with van der Waals surface area (Å²) < 4.78 is 12.9. The van der Waals surface area contributed by atoms with Crippen molar-refractivity contribution in [2.24, 2.45) is 5.92 Å². The molecule has 0 saturated heterocycles. The van der Waals surface area contributed by atoms with Gasteiger partial charge in [0.2, 0.25) is 5.91 Å². The van der Waals surface area contributed by atoms with Crippen LogP contribution in [0.2, 0.25) is 0 Å². The summed E-state index contributed by atoms with van der Waals surface area (Å²) in [4.78, 5) is 20.5. The van der Waals surface area contributed by atoms with Crippen molar-refractivity contribution in [1.29, 1.82) is 0 Å². The zero-order valence-electron chi connectivity index (χ0n) is 12.4. The lowest BCUT2D eigenvalue weighted by Crippen LogP contribution is -2.31. The van der Waals surface area contributed by atoms with Crippen molar-refractivity contribution in [3.8, 4) is 0 Å². The number of aryl methyl sites for hydroxylation is 2. The van der Waals surface area contributed by atoms with E-state index in [1.807, 2.05) is 6.92 Å². The number of carbonyl (C=O) groups excluding carboxylic acids is 1. The van der Waals surface area contributed by atoms with Crippen LogP contribution in [-0.4, -0.2) is 15.9 Å². The van der Waals surface area contributed by atoms with Gasteiger partial charge in [0.25, 0.3) is 0 Å². The quantitative estimate of drug-likeness (QED) is 0.851. The maximum Gasteiger partial charge on any atom is 0.242 e. The highest BCUT2D eigenvalue weighted by Gasteiger charge is 2.43. The zero-order valence-corrected chi connectivity index (χ0v) is 12.4. The molecule has 0 unspecified atom stereocenters.